The summed E-state index contributed by atoms with van der Waals surface area (Å²) >= 11 is 0. The number of hydrogen-bond donors (Lipinski definition) is 2. The molecule has 1 aromatic carbocycles. The van der Waals surface area contributed by atoms with E-state index in [1.165, 1.54) is 25.0 Å². The normalized spacial score (nSPS) is 18.8. The molecule has 3 aromatic rings. The lowest BCUT2D eigenvalue weighted by molar-refractivity contribution is 0.552. The van der Waals surface area contributed by atoms with Gasteiger partial charge in [-0.1, -0.05) is 13.0 Å². The lowest BCUT2D eigenvalue weighted by atomic mass is 10.0. The Labute approximate surface area is 173 Å². The number of anilines is 3. The average molecular weight is 411 g/mol. The van der Waals surface area contributed by atoms with Gasteiger partial charge in [0.2, 0.25) is 11.9 Å². The predicted molar refractivity (Wildman–Crippen MR) is 109 cm³/mol. The third kappa shape index (κ3) is 3.71. The van der Waals surface area contributed by atoms with Gasteiger partial charge in [-0.25, -0.2) is 8.78 Å². The highest BCUT2D eigenvalue weighted by Gasteiger charge is 2.31. The number of aromatic amines is 1. The summed E-state index contributed by atoms with van der Waals surface area (Å²) in [5.41, 5.74) is 1.58. The lowest BCUT2D eigenvalue weighted by Gasteiger charge is -2.26. The zero-order valence-electron chi connectivity index (χ0n) is 16.7. The van der Waals surface area contributed by atoms with Crippen molar-refractivity contribution in [3.8, 4) is 0 Å². The van der Waals surface area contributed by atoms with Crippen LogP contribution in [0.2, 0.25) is 0 Å². The molecule has 2 N–H and O–H groups in total. The smallest absolute Gasteiger partial charge is 0.233 e. The van der Waals surface area contributed by atoms with Crippen LogP contribution in [0.1, 0.15) is 61.6 Å². The van der Waals surface area contributed by atoms with E-state index in [1.807, 2.05) is 17.9 Å². The summed E-state index contributed by atoms with van der Waals surface area (Å²) in [6, 6.07) is 5.48. The van der Waals surface area contributed by atoms with Crippen LogP contribution in [0.4, 0.5) is 26.5 Å². The maximum atomic E-state index is 14.4. The highest BCUT2D eigenvalue weighted by atomic mass is 19.1. The van der Waals surface area contributed by atoms with Crippen molar-refractivity contribution in [1.29, 1.82) is 0 Å². The van der Waals surface area contributed by atoms with Crippen molar-refractivity contribution in [3.05, 3.63) is 53.0 Å². The van der Waals surface area contributed by atoms with Gasteiger partial charge < -0.3 is 10.2 Å². The first-order valence-corrected chi connectivity index (χ1v) is 10.4. The maximum absolute atomic E-state index is 14.4. The molecule has 5 rings (SSSR count). The van der Waals surface area contributed by atoms with Gasteiger partial charge in [0.25, 0.3) is 0 Å². The van der Waals surface area contributed by atoms with Crippen molar-refractivity contribution < 1.29 is 8.78 Å². The van der Waals surface area contributed by atoms with Crippen LogP contribution in [0.5, 0.6) is 0 Å². The molecular formula is C21H23F2N7. The summed E-state index contributed by atoms with van der Waals surface area (Å²) < 4.78 is 27.8. The van der Waals surface area contributed by atoms with Gasteiger partial charge in [0.1, 0.15) is 17.5 Å². The highest BCUT2D eigenvalue weighted by molar-refractivity contribution is 5.51. The number of aryl methyl sites for hydroxylation is 1. The fourth-order valence-corrected chi connectivity index (χ4v) is 3.97. The second kappa shape index (κ2) is 7.62. The molecule has 3 heterocycles. The Morgan fingerprint density at radius 1 is 1.13 bits per heavy atom. The number of rotatable bonds is 6. The molecule has 1 saturated carbocycles. The second-order valence-electron chi connectivity index (χ2n) is 7.85. The van der Waals surface area contributed by atoms with Crippen molar-refractivity contribution in [3.63, 3.8) is 0 Å². The van der Waals surface area contributed by atoms with Gasteiger partial charge in [0.15, 0.2) is 5.82 Å². The first-order valence-electron chi connectivity index (χ1n) is 10.4. The molecule has 2 fully saturated rings. The Morgan fingerprint density at radius 3 is 2.77 bits per heavy atom. The van der Waals surface area contributed by atoms with Crippen LogP contribution in [0.3, 0.4) is 0 Å². The van der Waals surface area contributed by atoms with Gasteiger partial charge >= 0.3 is 0 Å². The Hall–Kier alpha value is -3.10. The first kappa shape index (κ1) is 18.9. The monoisotopic (exact) mass is 411 g/mol. The van der Waals surface area contributed by atoms with E-state index >= 15 is 0 Å². The van der Waals surface area contributed by atoms with Gasteiger partial charge in [0, 0.05) is 42.3 Å². The van der Waals surface area contributed by atoms with Crippen molar-refractivity contribution >= 4 is 17.7 Å². The van der Waals surface area contributed by atoms with Crippen LogP contribution in [0.25, 0.3) is 0 Å². The standard InChI is InChI=1S/C21H23F2N7/c1-2-18-24-20(25-19-11-16(28-29-19)12-5-6-12)27-21(26-18)30-9-3-4-17(30)14-8-7-13(22)10-15(14)23/h7-8,10-12,17H,2-6,9H2,1H3,(H2,24,25,26,27,28,29). The largest absolute Gasteiger partial charge is 0.334 e. The quantitative estimate of drug-likeness (QED) is 0.626. The van der Waals surface area contributed by atoms with Crippen LogP contribution in [-0.2, 0) is 6.42 Å². The van der Waals surface area contributed by atoms with Gasteiger partial charge in [-0.3, -0.25) is 5.10 Å². The minimum absolute atomic E-state index is 0.239. The molecular weight excluding hydrogens is 388 g/mol. The van der Waals surface area contributed by atoms with Gasteiger partial charge in [-0.15, -0.1) is 0 Å². The minimum atomic E-state index is -0.578. The lowest BCUT2D eigenvalue weighted by Crippen LogP contribution is -2.26. The molecule has 1 saturated heterocycles. The summed E-state index contributed by atoms with van der Waals surface area (Å²) in [7, 11) is 0. The van der Waals surface area contributed by atoms with Crippen LogP contribution < -0.4 is 10.2 Å². The molecule has 2 aromatic heterocycles. The van der Waals surface area contributed by atoms with Crippen LogP contribution in [-0.4, -0.2) is 31.7 Å². The molecule has 7 nitrogen and oxygen atoms in total. The zero-order chi connectivity index (χ0) is 20.7. The molecule has 1 aliphatic heterocycles. The molecule has 30 heavy (non-hydrogen) atoms. The van der Waals surface area contributed by atoms with Gasteiger partial charge in [0.05, 0.1) is 6.04 Å². The Morgan fingerprint density at radius 2 is 2.00 bits per heavy atom. The summed E-state index contributed by atoms with van der Waals surface area (Å²) in [4.78, 5) is 15.6. The van der Waals surface area contributed by atoms with Crippen molar-refractivity contribution in [2.24, 2.45) is 0 Å². The third-order valence-corrected chi connectivity index (χ3v) is 5.67. The summed E-state index contributed by atoms with van der Waals surface area (Å²) in [5.74, 6) is 1.67. The second-order valence-corrected chi connectivity index (χ2v) is 7.85. The number of hydrogen-bond acceptors (Lipinski definition) is 6. The highest BCUT2D eigenvalue weighted by Crippen LogP contribution is 2.40. The number of nitrogens with one attached hydrogen (secondary N) is 2. The molecule has 0 spiro atoms. The Balaban J connectivity index is 1.44. The number of H-pyrrole nitrogens is 1. The van der Waals surface area contributed by atoms with E-state index in [9.17, 15) is 8.78 Å². The van der Waals surface area contributed by atoms with E-state index < -0.39 is 11.6 Å². The van der Waals surface area contributed by atoms with Crippen LogP contribution in [0, 0.1) is 11.6 Å². The topological polar surface area (TPSA) is 82.6 Å². The Bertz CT molecular complexity index is 1060. The summed E-state index contributed by atoms with van der Waals surface area (Å²) in [6.07, 6.45) is 4.65. The van der Waals surface area contributed by atoms with E-state index in [-0.39, 0.29) is 6.04 Å². The molecule has 1 aliphatic carbocycles. The molecule has 1 unspecified atom stereocenters. The number of halogens is 2. The number of benzene rings is 1. The van der Waals surface area contributed by atoms with Crippen molar-refractivity contribution in [2.75, 3.05) is 16.8 Å². The van der Waals surface area contributed by atoms with Crippen LogP contribution >= 0.6 is 0 Å². The van der Waals surface area contributed by atoms with Crippen molar-refractivity contribution in [1.82, 2.24) is 25.1 Å². The predicted octanol–water partition coefficient (Wildman–Crippen LogP) is 4.40. The van der Waals surface area contributed by atoms with E-state index in [4.69, 9.17) is 0 Å². The molecule has 2 aliphatic rings. The summed E-state index contributed by atoms with van der Waals surface area (Å²) in [5, 5.41) is 10.5. The molecule has 156 valence electrons. The fraction of sp³-hybridized carbons (Fsp3) is 0.429. The third-order valence-electron chi connectivity index (χ3n) is 5.67. The molecule has 9 heteroatoms. The maximum Gasteiger partial charge on any atom is 0.233 e. The zero-order valence-corrected chi connectivity index (χ0v) is 16.7. The van der Waals surface area contributed by atoms with E-state index in [0.29, 0.717) is 48.0 Å². The SMILES string of the molecule is CCc1nc(Nc2cc(C3CC3)[nH]n2)nc(N2CCCC2c2ccc(F)cc2F)n1. The molecule has 0 bridgehead atoms. The molecule has 1 atom stereocenters. The number of nitrogens with zero attached hydrogens (tertiary/aromatic N) is 5. The first-order chi connectivity index (χ1) is 14.6. The van der Waals surface area contributed by atoms with E-state index in [1.54, 1.807) is 0 Å². The average Bonchev–Trinajstić information content (AvgIpc) is 3.28. The fourth-order valence-electron chi connectivity index (χ4n) is 3.97. The van der Waals surface area contributed by atoms with Gasteiger partial charge in [-0.05, 0) is 31.7 Å². The van der Waals surface area contributed by atoms with Gasteiger partial charge in [-0.2, -0.15) is 20.1 Å². The molecule has 0 amide bonds. The van der Waals surface area contributed by atoms with Crippen molar-refractivity contribution in [2.45, 2.75) is 51.0 Å². The van der Waals surface area contributed by atoms with E-state index in [0.717, 1.165) is 24.6 Å². The van der Waals surface area contributed by atoms with E-state index in [2.05, 4.69) is 30.5 Å². The minimum Gasteiger partial charge on any atom is -0.334 e. The summed E-state index contributed by atoms with van der Waals surface area (Å²) in [6.45, 7) is 2.67. The molecule has 0 radical (unpaired) electrons. The Kier molecular flexibility index (Phi) is 4.80. The number of aromatic nitrogens is 5. The van der Waals surface area contributed by atoms with Crippen LogP contribution in [0.15, 0.2) is 24.3 Å².